The van der Waals surface area contributed by atoms with Crippen LogP contribution in [0.15, 0.2) is 52.3 Å². The summed E-state index contributed by atoms with van der Waals surface area (Å²) >= 11 is -0.00894. The Labute approximate surface area is 99.5 Å². The molecule has 16 heavy (non-hydrogen) atoms. The summed E-state index contributed by atoms with van der Waals surface area (Å²) < 4.78 is 0. The number of aromatic nitrogens is 2. The summed E-state index contributed by atoms with van der Waals surface area (Å²) in [6, 6.07) is 8.02. The van der Waals surface area contributed by atoms with E-state index in [9.17, 15) is 0 Å². The van der Waals surface area contributed by atoms with Gasteiger partial charge in [0, 0.05) is 0 Å². The van der Waals surface area contributed by atoms with Crippen LogP contribution in [0.1, 0.15) is 0 Å². The number of para-hydroxylation sites is 1. The van der Waals surface area contributed by atoms with Crippen LogP contribution >= 0.6 is 0 Å². The maximum atomic E-state index is 4.29. The normalized spacial score (nSPS) is 16.6. The quantitative estimate of drug-likeness (QED) is 0.846. The molecule has 0 radical (unpaired) electrons. The molecule has 80 valence electrons. The average molecular weight is 276 g/mol. The molecule has 1 N–H and O–H groups in total. The second-order valence-corrected chi connectivity index (χ2v) is 5.47. The summed E-state index contributed by atoms with van der Waals surface area (Å²) in [5.41, 5.74) is 2.13. The molecule has 0 saturated carbocycles. The molecule has 4 heteroatoms. The van der Waals surface area contributed by atoms with Crippen molar-refractivity contribution in [1.29, 1.82) is 0 Å². The fourth-order valence-electron chi connectivity index (χ4n) is 1.64. The van der Waals surface area contributed by atoms with Crippen molar-refractivity contribution >= 4 is 31.7 Å². The predicted molar refractivity (Wildman–Crippen MR) is 68.9 cm³/mol. The van der Waals surface area contributed by atoms with Crippen LogP contribution < -0.4 is 5.32 Å². The molecule has 3 nitrogen and oxygen atoms in total. The van der Waals surface area contributed by atoms with Gasteiger partial charge in [0.2, 0.25) is 0 Å². The summed E-state index contributed by atoms with van der Waals surface area (Å²) in [7, 11) is 0. The monoisotopic (exact) mass is 277 g/mol. The first kappa shape index (κ1) is 9.58. The SMILES string of the molecule is C1=CC(Nc2ncnc3ccccc23)=C[SeH2]1. The van der Waals surface area contributed by atoms with Gasteiger partial charge in [-0.05, 0) is 0 Å². The molecule has 2 heterocycles. The van der Waals surface area contributed by atoms with Gasteiger partial charge in [0.1, 0.15) is 0 Å². The van der Waals surface area contributed by atoms with E-state index in [-0.39, 0.29) is 15.0 Å². The Bertz CT molecular complexity index is 584. The first-order valence-electron chi connectivity index (χ1n) is 5.03. The Balaban J connectivity index is 2.06. The van der Waals surface area contributed by atoms with Crippen LogP contribution in [-0.2, 0) is 0 Å². The molecule has 1 aliphatic heterocycles. The van der Waals surface area contributed by atoms with Crippen molar-refractivity contribution in [2.75, 3.05) is 5.32 Å². The third kappa shape index (κ3) is 1.73. The predicted octanol–water partition coefficient (Wildman–Crippen LogP) is 1.58. The number of fused-ring (bicyclic) bond motifs is 1. The molecule has 1 aliphatic rings. The van der Waals surface area contributed by atoms with E-state index < -0.39 is 0 Å². The molecule has 0 bridgehead atoms. The molecular weight excluding hydrogens is 265 g/mol. The second-order valence-electron chi connectivity index (χ2n) is 3.46. The van der Waals surface area contributed by atoms with Crippen LogP contribution in [0.4, 0.5) is 5.82 Å². The summed E-state index contributed by atoms with van der Waals surface area (Å²) in [6.07, 6.45) is 3.72. The second kappa shape index (κ2) is 4.08. The van der Waals surface area contributed by atoms with Gasteiger partial charge in [-0.1, -0.05) is 0 Å². The van der Waals surface area contributed by atoms with E-state index in [1.165, 1.54) is 0 Å². The summed E-state index contributed by atoms with van der Waals surface area (Å²) in [5, 5.41) is 4.40. The summed E-state index contributed by atoms with van der Waals surface area (Å²) in [4.78, 5) is 13.0. The van der Waals surface area contributed by atoms with E-state index >= 15 is 0 Å². The van der Waals surface area contributed by atoms with Crippen molar-refractivity contribution in [3.63, 3.8) is 0 Å². The van der Waals surface area contributed by atoms with Crippen molar-refractivity contribution in [3.05, 3.63) is 52.3 Å². The van der Waals surface area contributed by atoms with Crippen LogP contribution in [0, 0.1) is 0 Å². The molecule has 0 saturated heterocycles. The van der Waals surface area contributed by atoms with Gasteiger partial charge in [-0.2, -0.15) is 0 Å². The number of benzene rings is 1. The Hall–Kier alpha value is -1.64. The van der Waals surface area contributed by atoms with Gasteiger partial charge < -0.3 is 0 Å². The van der Waals surface area contributed by atoms with E-state index in [1.807, 2.05) is 24.3 Å². The Morgan fingerprint density at radius 1 is 1.12 bits per heavy atom. The summed E-state index contributed by atoms with van der Waals surface area (Å²) in [5.74, 6) is 0.884. The molecular formula is C12H11N3Se. The maximum absolute atomic E-state index is 4.29. The van der Waals surface area contributed by atoms with Crippen LogP contribution in [0.2, 0.25) is 0 Å². The third-order valence-corrected chi connectivity index (χ3v) is 4.16. The van der Waals surface area contributed by atoms with E-state index in [4.69, 9.17) is 0 Å². The van der Waals surface area contributed by atoms with Crippen LogP contribution in [0.3, 0.4) is 0 Å². The molecule has 0 atom stereocenters. The van der Waals surface area contributed by atoms with Crippen molar-refractivity contribution in [2.45, 2.75) is 0 Å². The van der Waals surface area contributed by atoms with Crippen molar-refractivity contribution < 1.29 is 0 Å². The number of hydrogen-bond acceptors (Lipinski definition) is 3. The van der Waals surface area contributed by atoms with Gasteiger partial charge in [-0.15, -0.1) is 0 Å². The zero-order chi connectivity index (χ0) is 10.8. The van der Waals surface area contributed by atoms with Crippen molar-refractivity contribution in [2.24, 2.45) is 0 Å². The molecule has 0 spiro atoms. The number of allylic oxidation sites excluding steroid dienone is 1. The first-order chi connectivity index (χ1) is 7.93. The molecule has 3 rings (SSSR count). The number of nitrogens with one attached hydrogen (secondary N) is 1. The zero-order valence-corrected chi connectivity index (χ0v) is 10.6. The first-order valence-corrected chi connectivity index (χ1v) is 7.45. The van der Waals surface area contributed by atoms with Crippen LogP contribution in [-0.4, -0.2) is 24.9 Å². The fraction of sp³-hybridized carbons (Fsp3) is 0. The number of hydrogen-bond donors (Lipinski definition) is 1. The third-order valence-electron chi connectivity index (χ3n) is 2.40. The van der Waals surface area contributed by atoms with E-state index in [0.29, 0.717) is 0 Å². The topological polar surface area (TPSA) is 37.8 Å². The molecule has 0 amide bonds. The molecule has 0 fully saturated rings. The van der Waals surface area contributed by atoms with Crippen LogP contribution in [0.25, 0.3) is 10.9 Å². The van der Waals surface area contributed by atoms with Gasteiger partial charge in [0.05, 0.1) is 0 Å². The van der Waals surface area contributed by atoms with Gasteiger partial charge in [0.25, 0.3) is 0 Å². The van der Waals surface area contributed by atoms with Crippen molar-refractivity contribution in [3.8, 4) is 0 Å². The minimum absolute atomic E-state index is 0.00894. The Kier molecular flexibility index (Phi) is 2.44. The number of nitrogens with zero attached hydrogens (tertiary/aromatic N) is 2. The zero-order valence-electron chi connectivity index (χ0n) is 8.51. The Morgan fingerprint density at radius 3 is 2.94 bits per heavy atom. The average Bonchev–Trinajstić information content (AvgIpc) is 2.82. The number of anilines is 1. The van der Waals surface area contributed by atoms with E-state index in [1.54, 1.807) is 6.33 Å². The van der Waals surface area contributed by atoms with E-state index in [0.717, 1.165) is 22.4 Å². The van der Waals surface area contributed by atoms with Gasteiger partial charge in [0.15, 0.2) is 0 Å². The molecule has 1 aromatic carbocycles. The van der Waals surface area contributed by atoms with Crippen molar-refractivity contribution in [1.82, 2.24) is 9.97 Å². The number of rotatable bonds is 2. The van der Waals surface area contributed by atoms with Gasteiger partial charge in [-0.25, -0.2) is 0 Å². The van der Waals surface area contributed by atoms with E-state index in [2.05, 4.69) is 31.3 Å². The van der Waals surface area contributed by atoms with Gasteiger partial charge >= 0.3 is 99.3 Å². The van der Waals surface area contributed by atoms with Gasteiger partial charge in [-0.3, -0.25) is 0 Å². The summed E-state index contributed by atoms with van der Waals surface area (Å²) in [6.45, 7) is 0. The van der Waals surface area contributed by atoms with Crippen LogP contribution in [0.5, 0.6) is 0 Å². The fourth-order valence-corrected chi connectivity index (χ4v) is 3.15. The standard InChI is InChI=1S/C12H11N3Se/c1-2-4-11-10(3-1)12(14-8-13-11)15-9-5-6-16-7-9/h1-8H,16H2,(H,13,14,15). The molecule has 0 unspecified atom stereocenters. The molecule has 0 aliphatic carbocycles. The Morgan fingerprint density at radius 2 is 2.06 bits per heavy atom. The minimum atomic E-state index is -0.00894. The molecule has 1 aromatic heterocycles. The molecule has 2 aromatic rings.